The summed E-state index contributed by atoms with van der Waals surface area (Å²) in [7, 11) is 0. The Morgan fingerprint density at radius 3 is 2.79 bits per heavy atom. The van der Waals surface area contributed by atoms with Gasteiger partial charge in [0.2, 0.25) is 11.8 Å². The molecule has 3 aliphatic heterocycles. The average Bonchev–Trinajstić information content (AvgIpc) is 2.97. The number of likely N-dealkylation sites (tertiary alicyclic amines) is 1. The first-order chi connectivity index (χ1) is 16.3. The van der Waals surface area contributed by atoms with E-state index in [1.807, 2.05) is 30.0 Å². The number of nitrogens with one attached hydrogen (secondary N) is 1. The molecule has 0 radical (unpaired) electrons. The number of anilines is 1. The van der Waals surface area contributed by atoms with Crippen LogP contribution in [0.1, 0.15) is 38.2 Å². The summed E-state index contributed by atoms with van der Waals surface area (Å²) in [5.41, 5.74) is 1.14. The smallest absolute Gasteiger partial charge is 0.265 e. The van der Waals surface area contributed by atoms with Crippen molar-refractivity contribution in [1.29, 1.82) is 0 Å². The van der Waals surface area contributed by atoms with Crippen molar-refractivity contribution in [2.24, 2.45) is 0 Å². The van der Waals surface area contributed by atoms with Crippen LogP contribution in [0.25, 0.3) is 0 Å². The maximum atomic E-state index is 13.9. The van der Waals surface area contributed by atoms with Gasteiger partial charge in [0.25, 0.3) is 5.91 Å². The SMILES string of the molecule is C[C@]12C[C@@H](Cc3ccccc3)N(C(=O)CN3C(=O)COc4ccc(Cl)cc43)[C@H]1CCCC(=O)N2. The van der Waals surface area contributed by atoms with Gasteiger partial charge < -0.3 is 15.0 Å². The van der Waals surface area contributed by atoms with Crippen molar-refractivity contribution in [3.8, 4) is 5.75 Å². The topological polar surface area (TPSA) is 79.0 Å². The lowest BCUT2D eigenvalue weighted by atomic mass is 9.88. The maximum Gasteiger partial charge on any atom is 0.265 e. The summed E-state index contributed by atoms with van der Waals surface area (Å²) in [5, 5.41) is 3.67. The fraction of sp³-hybridized carbons (Fsp3) is 0.423. The maximum absolute atomic E-state index is 13.9. The van der Waals surface area contributed by atoms with Crippen LogP contribution in [0.2, 0.25) is 5.02 Å². The van der Waals surface area contributed by atoms with E-state index < -0.39 is 5.54 Å². The van der Waals surface area contributed by atoms with E-state index in [1.54, 1.807) is 18.2 Å². The zero-order valence-electron chi connectivity index (χ0n) is 19.1. The standard InChI is InChI=1S/C26H28ClN3O4/c1-26-14-19(12-17-6-3-2-4-7-17)30(22(26)8-5-9-23(31)28-26)24(32)15-29-20-13-18(27)10-11-21(20)34-16-25(29)33/h2-4,6-7,10-11,13,19,22H,5,8-9,12,14-16H2,1H3,(H,28,31)/t19-,22+,26+/m1/s1. The van der Waals surface area contributed by atoms with Crippen LogP contribution in [0.4, 0.5) is 5.69 Å². The van der Waals surface area contributed by atoms with Gasteiger partial charge in [0.05, 0.1) is 17.3 Å². The zero-order valence-corrected chi connectivity index (χ0v) is 19.9. The molecular formula is C26H28ClN3O4. The molecule has 5 rings (SSSR count). The number of amides is 3. The summed E-state index contributed by atoms with van der Waals surface area (Å²) in [5.74, 6) is 0.154. The molecule has 0 aliphatic carbocycles. The third-order valence-electron chi connectivity index (χ3n) is 7.19. The monoisotopic (exact) mass is 481 g/mol. The lowest BCUT2D eigenvalue weighted by Gasteiger charge is -2.37. The second-order valence-corrected chi connectivity index (χ2v) is 10.0. The number of benzene rings is 2. The first kappa shape index (κ1) is 22.7. The van der Waals surface area contributed by atoms with Crippen LogP contribution in [-0.4, -0.2) is 53.4 Å². The van der Waals surface area contributed by atoms with E-state index in [2.05, 4.69) is 17.4 Å². The van der Waals surface area contributed by atoms with E-state index in [9.17, 15) is 14.4 Å². The van der Waals surface area contributed by atoms with E-state index in [0.29, 0.717) is 35.7 Å². The summed E-state index contributed by atoms with van der Waals surface area (Å²) in [4.78, 5) is 42.5. The summed E-state index contributed by atoms with van der Waals surface area (Å²) in [6.45, 7) is 1.83. The molecule has 2 saturated heterocycles. The highest BCUT2D eigenvalue weighted by Crippen LogP contribution is 2.40. The van der Waals surface area contributed by atoms with Crippen LogP contribution in [0.15, 0.2) is 48.5 Å². The van der Waals surface area contributed by atoms with Crippen molar-refractivity contribution in [2.45, 2.75) is 56.7 Å². The van der Waals surface area contributed by atoms with Gasteiger partial charge in [-0.15, -0.1) is 0 Å². The summed E-state index contributed by atoms with van der Waals surface area (Å²) < 4.78 is 5.54. The van der Waals surface area contributed by atoms with Gasteiger partial charge in [-0.05, 0) is 56.4 Å². The van der Waals surface area contributed by atoms with E-state index in [4.69, 9.17) is 16.3 Å². The molecule has 0 saturated carbocycles. The molecule has 8 heteroatoms. The number of nitrogens with zero attached hydrogens (tertiary/aromatic N) is 2. The number of carbonyl (C=O) groups is 3. The van der Waals surface area contributed by atoms with E-state index >= 15 is 0 Å². The minimum absolute atomic E-state index is 0.0321. The third-order valence-corrected chi connectivity index (χ3v) is 7.43. The van der Waals surface area contributed by atoms with Crippen molar-refractivity contribution in [3.63, 3.8) is 0 Å². The minimum Gasteiger partial charge on any atom is -0.482 e. The Hall–Kier alpha value is -3.06. The molecule has 2 fully saturated rings. The average molecular weight is 482 g/mol. The normalized spacial score (nSPS) is 26.3. The number of halogens is 1. The fourth-order valence-corrected chi connectivity index (χ4v) is 5.88. The summed E-state index contributed by atoms with van der Waals surface area (Å²) in [6, 6.07) is 14.9. The molecule has 178 valence electrons. The largest absolute Gasteiger partial charge is 0.482 e. The molecule has 3 amide bonds. The Balaban J connectivity index is 1.46. The molecule has 1 N–H and O–H groups in total. The molecule has 0 spiro atoms. The molecule has 0 aromatic heterocycles. The van der Waals surface area contributed by atoms with Gasteiger partial charge in [0, 0.05) is 17.5 Å². The number of carbonyl (C=O) groups excluding carboxylic acids is 3. The quantitative estimate of drug-likeness (QED) is 0.726. The summed E-state index contributed by atoms with van der Waals surface area (Å²) >= 11 is 6.18. The number of rotatable bonds is 4. The molecule has 0 bridgehead atoms. The van der Waals surface area contributed by atoms with Gasteiger partial charge in [-0.2, -0.15) is 0 Å². The molecule has 3 atom stereocenters. The van der Waals surface area contributed by atoms with Gasteiger partial charge in [-0.1, -0.05) is 41.9 Å². The molecule has 2 aromatic carbocycles. The molecule has 7 nitrogen and oxygen atoms in total. The van der Waals surface area contributed by atoms with Crippen molar-refractivity contribution >= 4 is 35.0 Å². The lowest BCUT2D eigenvalue weighted by Crippen LogP contribution is -2.56. The van der Waals surface area contributed by atoms with Crippen LogP contribution in [0.3, 0.4) is 0 Å². The number of hydrogen-bond acceptors (Lipinski definition) is 4. The highest BCUT2D eigenvalue weighted by molar-refractivity contribution is 6.31. The predicted octanol–water partition coefficient (Wildman–Crippen LogP) is 3.34. The fourth-order valence-electron chi connectivity index (χ4n) is 5.71. The molecule has 3 aliphatic rings. The van der Waals surface area contributed by atoms with Crippen LogP contribution in [0, 0.1) is 0 Å². The minimum atomic E-state index is -0.501. The highest BCUT2D eigenvalue weighted by Gasteiger charge is 2.52. The Kier molecular flexibility index (Phi) is 5.98. The van der Waals surface area contributed by atoms with Crippen molar-refractivity contribution in [3.05, 3.63) is 59.1 Å². The molecule has 3 heterocycles. The molecule has 2 aromatic rings. The Labute approximate surface area is 204 Å². The van der Waals surface area contributed by atoms with Gasteiger partial charge in [0.1, 0.15) is 12.3 Å². The van der Waals surface area contributed by atoms with Gasteiger partial charge in [-0.25, -0.2) is 0 Å². The molecule has 34 heavy (non-hydrogen) atoms. The highest BCUT2D eigenvalue weighted by atomic mass is 35.5. The summed E-state index contributed by atoms with van der Waals surface area (Å²) in [6.07, 6.45) is 3.29. The zero-order chi connectivity index (χ0) is 23.9. The van der Waals surface area contributed by atoms with Gasteiger partial charge in [0.15, 0.2) is 6.61 Å². The number of fused-ring (bicyclic) bond motifs is 2. The molecule has 0 unspecified atom stereocenters. The Morgan fingerprint density at radius 2 is 2.00 bits per heavy atom. The Bertz CT molecular complexity index is 1120. The predicted molar refractivity (Wildman–Crippen MR) is 129 cm³/mol. The van der Waals surface area contributed by atoms with Crippen molar-refractivity contribution < 1.29 is 19.1 Å². The number of hydrogen-bond donors (Lipinski definition) is 1. The second-order valence-electron chi connectivity index (χ2n) is 9.60. The van der Waals surface area contributed by atoms with Gasteiger partial charge in [-0.3, -0.25) is 19.3 Å². The van der Waals surface area contributed by atoms with Gasteiger partial charge >= 0.3 is 0 Å². The van der Waals surface area contributed by atoms with Crippen LogP contribution >= 0.6 is 11.6 Å². The second kappa shape index (κ2) is 8.95. The van der Waals surface area contributed by atoms with E-state index in [0.717, 1.165) is 18.4 Å². The van der Waals surface area contributed by atoms with Crippen molar-refractivity contribution in [1.82, 2.24) is 10.2 Å². The van der Waals surface area contributed by atoms with Crippen molar-refractivity contribution in [2.75, 3.05) is 18.1 Å². The first-order valence-corrected chi connectivity index (χ1v) is 12.1. The van der Waals surface area contributed by atoms with Crippen LogP contribution in [-0.2, 0) is 20.8 Å². The molecular weight excluding hydrogens is 454 g/mol. The van der Waals surface area contributed by atoms with E-state index in [-0.39, 0.29) is 43.0 Å². The van der Waals surface area contributed by atoms with E-state index in [1.165, 1.54) is 4.90 Å². The first-order valence-electron chi connectivity index (χ1n) is 11.7. The van der Waals surface area contributed by atoms with Crippen LogP contribution in [0.5, 0.6) is 5.75 Å². The Morgan fingerprint density at radius 1 is 1.21 bits per heavy atom. The third kappa shape index (κ3) is 4.25. The number of ether oxygens (including phenoxy) is 1. The lowest BCUT2D eigenvalue weighted by molar-refractivity contribution is -0.135. The van der Waals surface area contributed by atoms with Crippen LogP contribution < -0.4 is 15.0 Å².